The second kappa shape index (κ2) is 5.84. The third kappa shape index (κ3) is 2.87. The van der Waals surface area contributed by atoms with Crippen molar-refractivity contribution in [2.75, 3.05) is 6.54 Å². The van der Waals surface area contributed by atoms with E-state index in [1.165, 1.54) is 30.0 Å². The zero-order chi connectivity index (χ0) is 13.1. The van der Waals surface area contributed by atoms with Crippen molar-refractivity contribution in [3.8, 4) is 0 Å². The van der Waals surface area contributed by atoms with Crippen LogP contribution in [0.4, 0.5) is 0 Å². The van der Waals surface area contributed by atoms with E-state index in [0.29, 0.717) is 12.0 Å². The van der Waals surface area contributed by atoms with Crippen molar-refractivity contribution in [1.82, 2.24) is 19.9 Å². The molecule has 0 aliphatic carbocycles. The van der Waals surface area contributed by atoms with E-state index >= 15 is 0 Å². The van der Waals surface area contributed by atoms with Crippen LogP contribution in [0.1, 0.15) is 48.8 Å². The Morgan fingerprint density at radius 2 is 2.47 bits per heavy atom. The van der Waals surface area contributed by atoms with Crippen LogP contribution in [-0.2, 0) is 6.54 Å². The Morgan fingerprint density at radius 3 is 3.21 bits per heavy atom. The van der Waals surface area contributed by atoms with E-state index < -0.39 is 0 Å². The van der Waals surface area contributed by atoms with Crippen LogP contribution in [0.15, 0.2) is 24.1 Å². The Balaban J connectivity index is 1.73. The molecule has 3 rings (SSSR count). The van der Waals surface area contributed by atoms with E-state index in [-0.39, 0.29) is 0 Å². The van der Waals surface area contributed by atoms with Gasteiger partial charge in [-0.3, -0.25) is 0 Å². The summed E-state index contributed by atoms with van der Waals surface area (Å²) in [6, 6.07) is 0.472. The summed E-state index contributed by atoms with van der Waals surface area (Å²) in [6.45, 7) is 4.32. The Bertz CT molecular complexity index is 499. The van der Waals surface area contributed by atoms with Crippen LogP contribution in [0.5, 0.6) is 0 Å². The fourth-order valence-corrected chi connectivity index (χ4v) is 3.42. The summed E-state index contributed by atoms with van der Waals surface area (Å²) in [7, 11) is 0. The maximum Gasteiger partial charge on any atom is 0.0970 e. The summed E-state index contributed by atoms with van der Waals surface area (Å²) >= 11 is 1.73. The lowest BCUT2D eigenvalue weighted by molar-refractivity contribution is 0.389. The number of aromatic nitrogens is 3. The summed E-state index contributed by atoms with van der Waals surface area (Å²) in [5.41, 5.74) is 1.32. The standard InChI is InChI=1S/C14H20N4S/c1-11(14-17-6-7-19-14)9-18-10-15-8-13(18)12-4-2-3-5-16-12/h6-8,10-12,16H,2-5,9H2,1H3. The van der Waals surface area contributed by atoms with Gasteiger partial charge in [-0.25, -0.2) is 9.97 Å². The van der Waals surface area contributed by atoms with Crippen LogP contribution in [0.2, 0.25) is 0 Å². The quantitative estimate of drug-likeness (QED) is 0.933. The van der Waals surface area contributed by atoms with Crippen molar-refractivity contribution in [2.24, 2.45) is 0 Å². The molecule has 0 saturated carbocycles. The van der Waals surface area contributed by atoms with E-state index in [0.717, 1.165) is 13.1 Å². The highest BCUT2D eigenvalue weighted by molar-refractivity contribution is 7.09. The molecule has 19 heavy (non-hydrogen) atoms. The first-order chi connectivity index (χ1) is 9.34. The number of nitrogens with zero attached hydrogens (tertiary/aromatic N) is 3. The predicted octanol–water partition coefficient (Wildman–Crippen LogP) is 2.96. The molecule has 2 atom stereocenters. The van der Waals surface area contributed by atoms with Crippen molar-refractivity contribution in [3.63, 3.8) is 0 Å². The maximum atomic E-state index is 4.41. The van der Waals surface area contributed by atoms with E-state index in [4.69, 9.17) is 0 Å². The largest absolute Gasteiger partial charge is 0.332 e. The molecule has 2 unspecified atom stereocenters. The highest BCUT2D eigenvalue weighted by Gasteiger charge is 2.19. The lowest BCUT2D eigenvalue weighted by Crippen LogP contribution is -2.28. The molecule has 2 aromatic rings. The molecule has 1 aliphatic rings. The van der Waals surface area contributed by atoms with Gasteiger partial charge in [-0.05, 0) is 19.4 Å². The molecule has 2 aromatic heterocycles. The van der Waals surface area contributed by atoms with Gasteiger partial charge in [0.05, 0.1) is 17.0 Å². The molecular weight excluding hydrogens is 256 g/mol. The first kappa shape index (κ1) is 12.8. The molecule has 0 bridgehead atoms. The first-order valence-electron chi connectivity index (χ1n) is 6.97. The van der Waals surface area contributed by atoms with Crippen molar-refractivity contribution in [3.05, 3.63) is 34.8 Å². The molecule has 0 aromatic carbocycles. The Morgan fingerprint density at radius 1 is 1.53 bits per heavy atom. The summed E-state index contributed by atoms with van der Waals surface area (Å²) in [5, 5.41) is 6.85. The smallest absolute Gasteiger partial charge is 0.0970 e. The highest BCUT2D eigenvalue weighted by Crippen LogP contribution is 2.25. The van der Waals surface area contributed by atoms with Crippen LogP contribution in [0.3, 0.4) is 0 Å². The van der Waals surface area contributed by atoms with Gasteiger partial charge in [-0.1, -0.05) is 13.3 Å². The predicted molar refractivity (Wildman–Crippen MR) is 77.4 cm³/mol. The van der Waals surface area contributed by atoms with Gasteiger partial charge < -0.3 is 9.88 Å². The zero-order valence-corrected chi connectivity index (χ0v) is 12.1. The second-order valence-electron chi connectivity index (χ2n) is 5.24. The lowest BCUT2D eigenvalue weighted by Gasteiger charge is -2.25. The highest BCUT2D eigenvalue weighted by atomic mass is 32.1. The average molecular weight is 276 g/mol. The normalized spacial score (nSPS) is 21.4. The van der Waals surface area contributed by atoms with Crippen LogP contribution < -0.4 is 5.32 Å². The van der Waals surface area contributed by atoms with E-state index in [1.54, 1.807) is 11.3 Å². The minimum atomic E-state index is 0.441. The number of nitrogens with one attached hydrogen (secondary N) is 1. The molecule has 102 valence electrons. The van der Waals surface area contributed by atoms with Crippen molar-refractivity contribution in [1.29, 1.82) is 0 Å². The van der Waals surface area contributed by atoms with Gasteiger partial charge in [0.1, 0.15) is 0 Å². The van der Waals surface area contributed by atoms with E-state index in [9.17, 15) is 0 Å². The fourth-order valence-electron chi connectivity index (χ4n) is 2.73. The number of hydrogen-bond donors (Lipinski definition) is 1. The van der Waals surface area contributed by atoms with Gasteiger partial charge in [-0.2, -0.15) is 0 Å². The third-order valence-electron chi connectivity index (χ3n) is 3.76. The van der Waals surface area contributed by atoms with Crippen LogP contribution in [-0.4, -0.2) is 21.1 Å². The number of thiazole rings is 1. The first-order valence-corrected chi connectivity index (χ1v) is 7.85. The second-order valence-corrected chi connectivity index (χ2v) is 6.17. The van der Waals surface area contributed by atoms with Gasteiger partial charge in [0, 0.05) is 36.3 Å². The number of rotatable bonds is 4. The number of hydrogen-bond acceptors (Lipinski definition) is 4. The molecule has 1 fully saturated rings. The van der Waals surface area contributed by atoms with Gasteiger partial charge in [0.25, 0.3) is 0 Å². The molecule has 1 saturated heterocycles. The molecule has 0 radical (unpaired) electrons. The minimum absolute atomic E-state index is 0.441. The topological polar surface area (TPSA) is 42.7 Å². The van der Waals surface area contributed by atoms with Crippen molar-refractivity contribution < 1.29 is 0 Å². The van der Waals surface area contributed by atoms with Crippen LogP contribution >= 0.6 is 11.3 Å². The van der Waals surface area contributed by atoms with Gasteiger partial charge in [0.15, 0.2) is 0 Å². The Kier molecular flexibility index (Phi) is 3.94. The van der Waals surface area contributed by atoms with E-state index in [1.807, 2.05) is 24.1 Å². The van der Waals surface area contributed by atoms with Crippen molar-refractivity contribution >= 4 is 11.3 Å². The van der Waals surface area contributed by atoms with Gasteiger partial charge >= 0.3 is 0 Å². The average Bonchev–Trinajstić information content (AvgIpc) is 3.11. The molecule has 0 amide bonds. The van der Waals surface area contributed by atoms with Gasteiger partial charge in [0.2, 0.25) is 0 Å². The molecule has 1 N–H and O–H groups in total. The SMILES string of the molecule is CC(Cn1cncc1C1CCCCN1)c1nccs1. The van der Waals surface area contributed by atoms with Crippen molar-refractivity contribution in [2.45, 2.75) is 44.7 Å². The summed E-state index contributed by atoms with van der Waals surface area (Å²) in [6.07, 6.45) is 9.67. The number of imidazole rings is 1. The molecule has 5 heteroatoms. The Labute approximate surface area is 117 Å². The fraction of sp³-hybridized carbons (Fsp3) is 0.571. The molecule has 4 nitrogen and oxygen atoms in total. The van der Waals surface area contributed by atoms with E-state index in [2.05, 4.69) is 26.8 Å². The van der Waals surface area contributed by atoms with Crippen LogP contribution in [0, 0.1) is 0 Å². The van der Waals surface area contributed by atoms with Crippen LogP contribution in [0.25, 0.3) is 0 Å². The van der Waals surface area contributed by atoms with Gasteiger partial charge in [-0.15, -0.1) is 11.3 Å². The molecule has 1 aliphatic heterocycles. The third-order valence-corrected chi connectivity index (χ3v) is 4.76. The monoisotopic (exact) mass is 276 g/mol. The zero-order valence-electron chi connectivity index (χ0n) is 11.2. The maximum absolute atomic E-state index is 4.41. The number of piperidine rings is 1. The lowest BCUT2D eigenvalue weighted by atomic mass is 10.0. The minimum Gasteiger partial charge on any atom is -0.332 e. The Hall–Kier alpha value is -1.20. The summed E-state index contributed by atoms with van der Waals surface area (Å²) in [4.78, 5) is 8.75. The molecule has 3 heterocycles. The summed E-state index contributed by atoms with van der Waals surface area (Å²) in [5.74, 6) is 0.441. The summed E-state index contributed by atoms with van der Waals surface area (Å²) < 4.78 is 2.29. The molecule has 0 spiro atoms. The molecular formula is C14H20N4S.